The molecule has 2 aliphatic heterocycles. The number of nitro benzene ring substituents is 1. The smallest absolute Gasteiger partial charge is 0.337 e. The standard InChI is InChI=1S/C17H16N2O6/c1-3-24-16(20)13-9(2)18-12-8-25-17(21)15(12)14(13)10-5-4-6-11(7-10)19(22)23/h4-7,14,18H,3,8H2,1-2H3/t14-/m0/s1. The van der Waals surface area contributed by atoms with Gasteiger partial charge in [-0.1, -0.05) is 12.1 Å². The van der Waals surface area contributed by atoms with Crippen LogP contribution in [0, 0.1) is 10.1 Å². The Morgan fingerprint density at radius 1 is 1.48 bits per heavy atom. The highest BCUT2D eigenvalue weighted by Crippen LogP contribution is 2.41. The predicted molar refractivity (Wildman–Crippen MR) is 86.3 cm³/mol. The topological polar surface area (TPSA) is 108 Å². The van der Waals surface area contributed by atoms with Crippen molar-refractivity contribution in [3.63, 3.8) is 0 Å². The summed E-state index contributed by atoms with van der Waals surface area (Å²) in [5.74, 6) is -1.89. The van der Waals surface area contributed by atoms with Crippen molar-refractivity contribution in [2.45, 2.75) is 19.8 Å². The monoisotopic (exact) mass is 344 g/mol. The summed E-state index contributed by atoms with van der Waals surface area (Å²) in [6.45, 7) is 3.63. The number of hydrogen-bond donors (Lipinski definition) is 1. The number of non-ortho nitro benzene ring substituents is 1. The van der Waals surface area contributed by atoms with Gasteiger partial charge in [0.05, 0.1) is 34.3 Å². The average Bonchev–Trinajstić information content (AvgIpc) is 2.94. The molecule has 3 rings (SSSR count). The van der Waals surface area contributed by atoms with Gasteiger partial charge in [-0.3, -0.25) is 10.1 Å². The molecule has 0 aromatic heterocycles. The summed E-state index contributed by atoms with van der Waals surface area (Å²) in [5.41, 5.74) is 1.98. The molecule has 1 aromatic rings. The highest BCUT2D eigenvalue weighted by Gasteiger charge is 2.42. The van der Waals surface area contributed by atoms with Gasteiger partial charge in [0.2, 0.25) is 0 Å². The van der Waals surface area contributed by atoms with Gasteiger partial charge in [0.1, 0.15) is 6.61 Å². The number of hydrogen-bond acceptors (Lipinski definition) is 7. The molecule has 130 valence electrons. The molecule has 25 heavy (non-hydrogen) atoms. The number of nitrogens with zero attached hydrogens (tertiary/aromatic N) is 1. The molecule has 0 spiro atoms. The zero-order valence-corrected chi connectivity index (χ0v) is 13.7. The van der Waals surface area contributed by atoms with Gasteiger partial charge in [-0.15, -0.1) is 0 Å². The molecule has 8 heteroatoms. The van der Waals surface area contributed by atoms with Crippen LogP contribution in [0.2, 0.25) is 0 Å². The number of esters is 2. The number of nitrogens with one attached hydrogen (secondary N) is 1. The maximum Gasteiger partial charge on any atom is 0.337 e. The zero-order valence-electron chi connectivity index (χ0n) is 13.7. The second-order valence-electron chi connectivity index (χ2n) is 5.64. The van der Waals surface area contributed by atoms with Crippen LogP contribution >= 0.6 is 0 Å². The van der Waals surface area contributed by atoms with E-state index in [1.54, 1.807) is 19.9 Å². The lowest BCUT2D eigenvalue weighted by Gasteiger charge is -2.27. The predicted octanol–water partition coefficient (Wildman–Crippen LogP) is 1.93. The van der Waals surface area contributed by atoms with Crippen molar-refractivity contribution in [2.75, 3.05) is 13.2 Å². The molecule has 0 radical (unpaired) electrons. The molecule has 2 heterocycles. The van der Waals surface area contributed by atoms with Gasteiger partial charge in [-0.2, -0.15) is 0 Å². The van der Waals surface area contributed by atoms with E-state index in [1.165, 1.54) is 18.2 Å². The highest BCUT2D eigenvalue weighted by molar-refractivity contribution is 6.01. The molecule has 2 aliphatic rings. The van der Waals surface area contributed by atoms with Crippen molar-refractivity contribution in [1.29, 1.82) is 0 Å². The quantitative estimate of drug-likeness (QED) is 0.505. The lowest BCUT2D eigenvalue weighted by molar-refractivity contribution is -0.384. The third kappa shape index (κ3) is 2.86. The Balaban J connectivity index is 2.16. The van der Waals surface area contributed by atoms with Crippen LogP contribution in [-0.2, 0) is 19.1 Å². The summed E-state index contributed by atoms with van der Waals surface area (Å²) >= 11 is 0. The second-order valence-corrected chi connectivity index (χ2v) is 5.64. The fraction of sp³-hybridized carbons (Fsp3) is 0.294. The minimum absolute atomic E-state index is 0.0764. The molecular formula is C17H16N2O6. The zero-order chi connectivity index (χ0) is 18.1. The number of carbonyl (C=O) groups is 2. The SMILES string of the molecule is CCOC(=O)C1=C(C)NC2=C(C(=O)OC2)[C@H]1c1cccc([N+](=O)[O-])c1. The lowest BCUT2D eigenvalue weighted by Crippen LogP contribution is -2.30. The van der Waals surface area contributed by atoms with Gasteiger partial charge in [-0.05, 0) is 19.4 Å². The summed E-state index contributed by atoms with van der Waals surface area (Å²) in [5, 5.41) is 14.1. The van der Waals surface area contributed by atoms with Crippen LogP contribution < -0.4 is 5.32 Å². The first-order valence-corrected chi connectivity index (χ1v) is 7.73. The van der Waals surface area contributed by atoms with Gasteiger partial charge >= 0.3 is 11.9 Å². The number of allylic oxidation sites excluding steroid dienone is 1. The van der Waals surface area contributed by atoms with E-state index in [2.05, 4.69) is 5.32 Å². The normalized spacial score (nSPS) is 19.3. The Hall–Kier alpha value is -3.16. The minimum atomic E-state index is -0.773. The van der Waals surface area contributed by atoms with Crippen molar-refractivity contribution in [1.82, 2.24) is 5.32 Å². The fourth-order valence-electron chi connectivity index (χ4n) is 3.10. The minimum Gasteiger partial charge on any atom is -0.463 e. The summed E-state index contributed by atoms with van der Waals surface area (Å²) in [6.07, 6.45) is 0. The van der Waals surface area contributed by atoms with Gasteiger partial charge in [-0.25, -0.2) is 9.59 Å². The Bertz CT molecular complexity index is 839. The van der Waals surface area contributed by atoms with E-state index in [-0.39, 0.29) is 30.0 Å². The van der Waals surface area contributed by atoms with E-state index < -0.39 is 22.8 Å². The number of carbonyl (C=O) groups excluding carboxylic acids is 2. The number of dihydropyridines is 1. The molecule has 0 unspecified atom stereocenters. The van der Waals surface area contributed by atoms with Gasteiger partial charge in [0, 0.05) is 17.8 Å². The van der Waals surface area contributed by atoms with Crippen LogP contribution in [0.5, 0.6) is 0 Å². The summed E-state index contributed by atoms with van der Waals surface area (Å²) in [7, 11) is 0. The van der Waals surface area contributed by atoms with Gasteiger partial charge in [0.25, 0.3) is 5.69 Å². The van der Waals surface area contributed by atoms with Crippen LogP contribution in [0.3, 0.4) is 0 Å². The van der Waals surface area contributed by atoms with E-state index in [0.29, 0.717) is 17.0 Å². The number of cyclic esters (lactones) is 1. The highest BCUT2D eigenvalue weighted by atomic mass is 16.6. The molecule has 8 nitrogen and oxygen atoms in total. The maximum atomic E-state index is 12.5. The first-order chi connectivity index (χ1) is 11.9. The molecule has 0 saturated carbocycles. The molecule has 1 aromatic carbocycles. The Labute approximate surface area is 143 Å². The van der Waals surface area contributed by atoms with Crippen LogP contribution in [0.4, 0.5) is 5.69 Å². The first kappa shape index (κ1) is 16.7. The molecule has 0 saturated heterocycles. The van der Waals surface area contributed by atoms with Crippen LogP contribution in [0.25, 0.3) is 0 Å². The lowest BCUT2D eigenvalue weighted by atomic mass is 9.81. The first-order valence-electron chi connectivity index (χ1n) is 7.73. The molecule has 0 bridgehead atoms. The third-order valence-electron chi connectivity index (χ3n) is 4.12. The van der Waals surface area contributed by atoms with Crippen molar-refractivity contribution in [3.05, 3.63) is 62.5 Å². The van der Waals surface area contributed by atoms with Crippen LogP contribution in [0.15, 0.2) is 46.8 Å². The van der Waals surface area contributed by atoms with E-state index in [9.17, 15) is 19.7 Å². The molecule has 0 aliphatic carbocycles. The van der Waals surface area contributed by atoms with Gasteiger partial charge < -0.3 is 14.8 Å². The Kier molecular flexibility index (Phi) is 4.26. The fourth-order valence-corrected chi connectivity index (χ4v) is 3.10. The number of nitro groups is 1. The van der Waals surface area contributed by atoms with E-state index in [4.69, 9.17) is 9.47 Å². The summed E-state index contributed by atoms with van der Waals surface area (Å²) < 4.78 is 10.2. The van der Waals surface area contributed by atoms with Crippen molar-refractivity contribution in [3.8, 4) is 0 Å². The van der Waals surface area contributed by atoms with Crippen molar-refractivity contribution in [2.24, 2.45) is 0 Å². The second kappa shape index (κ2) is 6.39. The maximum absolute atomic E-state index is 12.5. The number of ether oxygens (including phenoxy) is 2. The largest absolute Gasteiger partial charge is 0.463 e. The number of rotatable bonds is 4. The average molecular weight is 344 g/mol. The van der Waals surface area contributed by atoms with E-state index >= 15 is 0 Å². The Morgan fingerprint density at radius 2 is 2.24 bits per heavy atom. The summed E-state index contributed by atoms with van der Waals surface area (Å²) in [4.78, 5) is 35.3. The number of benzene rings is 1. The van der Waals surface area contributed by atoms with E-state index in [1.807, 2.05) is 0 Å². The molecular weight excluding hydrogens is 328 g/mol. The van der Waals surface area contributed by atoms with Crippen LogP contribution in [-0.4, -0.2) is 30.1 Å². The third-order valence-corrected chi connectivity index (χ3v) is 4.12. The molecule has 0 fully saturated rings. The van der Waals surface area contributed by atoms with Crippen LogP contribution in [0.1, 0.15) is 25.3 Å². The molecule has 1 atom stereocenters. The van der Waals surface area contributed by atoms with Gasteiger partial charge in [0.15, 0.2) is 0 Å². The Morgan fingerprint density at radius 3 is 2.92 bits per heavy atom. The molecule has 0 amide bonds. The summed E-state index contributed by atoms with van der Waals surface area (Å²) in [6, 6.07) is 5.88. The molecule has 1 N–H and O–H groups in total. The van der Waals surface area contributed by atoms with Crippen molar-refractivity contribution < 1.29 is 24.0 Å². The van der Waals surface area contributed by atoms with E-state index in [0.717, 1.165) is 0 Å². The van der Waals surface area contributed by atoms with Crippen molar-refractivity contribution >= 4 is 17.6 Å².